The molecule has 0 saturated carbocycles. The van der Waals surface area contributed by atoms with Crippen molar-refractivity contribution in [3.8, 4) is 23.0 Å². The van der Waals surface area contributed by atoms with Crippen LogP contribution in [0.25, 0.3) is 0 Å². The van der Waals surface area contributed by atoms with Crippen molar-refractivity contribution in [1.29, 1.82) is 0 Å². The molecule has 0 atom stereocenters. The van der Waals surface area contributed by atoms with Gasteiger partial charge in [-0.15, -0.1) is 0 Å². The molecule has 1 aliphatic rings. The maximum atomic E-state index is 12.4. The van der Waals surface area contributed by atoms with Gasteiger partial charge in [0, 0.05) is 5.56 Å². The van der Waals surface area contributed by atoms with Crippen molar-refractivity contribution in [1.82, 2.24) is 0 Å². The average molecular weight is 400 g/mol. The van der Waals surface area contributed by atoms with E-state index in [1.807, 2.05) is 13.8 Å². The lowest BCUT2D eigenvalue weighted by atomic mass is 10.1. The predicted octanol–water partition coefficient (Wildman–Crippen LogP) is 3.54. The standard InChI is InChI=1S/C22H24O7/c1-14(2)12-28-18-7-5-16(11-20(18)25-3)22(24)29-13-17(23)15-4-6-19-21(10-15)27-9-8-26-19/h4-7,10-11,14H,8-9,12-13H2,1-3H3. The van der Waals surface area contributed by atoms with Crippen LogP contribution in [0, 0.1) is 5.92 Å². The van der Waals surface area contributed by atoms with E-state index in [9.17, 15) is 9.59 Å². The largest absolute Gasteiger partial charge is 0.493 e. The Morgan fingerprint density at radius 3 is 2.41 bits per heavy atom. The van der Waals surface area contributed by atoms with E-state index in [-0.39, 0.29) is 18.0 Å². The zero-order valence-electron chi connectivity index (χ0n) is 16.7. The molecule has 0 aromatic heterocycles. The van der Waals surface area contributed by atoms with E-state index in [0.29, 0.717) is 54.3 Å². The van der Waals surface area contributed by atoms with Crippen molar-refractivity contribution in [2.24, 2.45) is 5.92 Å². The summed E-state index contributed by atoms with van der Waals surface area (Å²) in [5, 5.41) is 0. The molecule has 7 heteroatoms. The smallest absolute Gasteiger partial charge is 0.338 e. The summed E-state index contributed by atoms with van der Waals surface area (Å²) in [4.78, 5) is 24.7. The molecular formula is C22H24O7. The first-order chi connectivity index (χ1) is 14.0. The Morgan fingerprint density at radius 2 is 1.69 bits per heavy atom. The van der Waals surface area contributed by atoms with Crippen molar-refractivity contribution in [2.45, 2.75) is 13.8 Å². The number of Topliss-reactive ketones (excluding diaryl/α,β-unsaturated/α-hetero) is 1. The zero-order valence-corrected chi connectivity index (χ0v) is 16.7. The van der Waals surface area contributed by atoms with Crippen molar-refractivity contribution < 1.29 is 33.3 Å². The summed E-state index contributed by atoms with van der Waals surface area (Å²) >= 11 is 0. The molecule has 154 valence electrons. The first-order valence-electron chi connectivity index (χ1n) is 9.38. The molecule has 29 heavy (non-hydrogen) atoms. The fourth-order valence-corrected chi connectivity index (χ4v) is 2.68. The molecule has 0 amide bonds. The Labute approximate surface area is 169 Å². The van der Waals surface area contributed by atoms with Crippen LogP contribution in [-0.2, 0) is 4.74 Å². The lowest BCUT2D eigenvalue weighted by molar-refractivity contribution is 0.0474. The van der Waals surface area contributed by atoms with Crippen LogP contribution in [0.2, 0.25) is 0 Å². The van der Waals surface area contributed by atoms with E-state index < -0.39 is 5.97 Å². The highest BCUT2D eigenvalue weighted by molar-refractivity contribution is 6.00. The number of rotatable bonds is 8. The second kappa shape index (κ2) is 9.32. The van der Waals surface area contributed by atoms with Gasteiger partial charge in [0.25, 0.3) is 0 Å². The first-order valence-corrected chi connectivity index (χ1v) is 9.38. The molecule has 0 fully saturated rings. The van der Waals surface area contributed by atoms with Crippen LogP contribution < -0.4 is 18.9 Å². The summed E-state index contributed by atoms with van der Waals surface area (Å²) in [6, 6.07) is 9.65. The molecule has 2 aromatic rings. The van der Waals surface area contributed by atoms with E-state index in [4.69, 9.17) is 23.7 Å². The third-order valence-electron chi connectivity index (χ3n) is 4.17. The summed E-state index contributed by atoms with van der Waals surface area (Å²) < 4.78 is 27.0. The quantitative estimate of drug-likeness (QED) is 0.495. The highest BCUT2D eigenvalue weighted by Gasteiger charge is 2.18. The second-order valence-electron chi connectivity index (χ2n) is 6.93. The highest BCUT2D eigenvalue weighted by atomic mass is 16.6. The van der Waals surface area contributed by atoms with Gasteiger partial charge in [-0.2, -0.15) is 0 Å². The number of methoxy groups -OCH3 is 1. The number of carbonyl (C=O) groups is 2. The molecule has 0 N–H and O–H groups in total. The molecule has 1 heterocycles. The number of ketones is 1. The van der Waals surface area contributed by atoms with E-state index >= 15 is 0 Å². The molecule has 7 nitrogen and oxygen atoms in total. The topological polar surface area (TPSA) is 80.3 Å². The van der Waals surface area contributed by atoms with E-state index in [1.54, 1.807) is 30.3 Å². The second-order valence-corrected chi connectivity index (χ2v) is 6.93. The van der Waals surface area contributed by atoms with Gasteiger partial charge in [0.15, 0.2) is 35.4 Å². The first kappa shape index (κ1) is 20.5. The molecule has 3 rings (SSSR count). The molecular weight excluding hydrogens is 376 g/mol. The minimum atomic E-state index is -0.621. The lowest BCUT2D eigenvalue weighted by Gasteiger charge is -2.18. The number of esters is 1. The summed E-state index contributed by atoms with van der Waals surface area (Å²) in [5.41, 5.74) is 0.658. The summed E-state index contributed by atoms with van der Waals surface area (Å²) in [6.07, 6.45) is 0. The van der Waals surface area contributed by atoms with E-state index in [1.165, 1.54) is 13.2 Å². The molecule has 0 spiro atoms. The van der Waals surface area contributed by atoms with E-state index in [2.05, 4.69) is 0 Å². The van der Waals surface area contributed by atoms with Crippen LogP contribution in [0.1, 0.15) is 34.6 Å². The molecule has 0 radical (unpaired) electrons. The Hall–Kier alpha value is -3.22. The Kier molecular flexibility index (Phi) is 6.59. The number of ether oxygens (including phenoxy) is 5. The summed E-state index contributed by atoms with van der Waals surface area (Å²) in [5.74, 6) is 1.48. The lowest BCUT2D eigenvalue weighted by Crippen LogP contribution is -2.17. The molecule has 1 aliphatic heterocycles. The fraction of sp³-hybridized carbons (Fsp3) is 0.364. The van der Waals surface area contributed by atoms with Crippen LogP contribution in [0.15, 0.2) is 36.4 Å². The van der Waals surface area contributed by atoms with Gasteiger partial charge in [0.1, 0.15) is 13.2 Å². The van der Waals surface area contributed by atoms with Gasteiger partial charge in [-0.25, -0.2) is 4.79 Å². The van der Waals surface area contributed by atoms with Crippen LogP contribution in [0.3, 0.4) is 0 Å². The maximum absolute atomic E-state index is 12.4. The summed E-state index contributed by atoms with van der Waals surface area (Å²) in [6.45, 7) is 5.13. The third-order valence-corrected chi connectivity index (χ3v) is 4.17. The SMILES string of the molecule is COc1cc(C(=O)OCC(=O)c2ccc3c(c2)OCCO3)ccc1OCC(C)C. The van der Waals surface area contributed by atoms with Crippen LogP contribution in [0.4, 0.5) is 0 Å². The molecule has 0 unspecified atom stereocenters. The van der Waals surface area contributed by atoms with Gasteiger partial charge in [0.05, 0.1) is 19.3 Å². The number of hydrogen-bond donors (Lipinski definition) is 0. The number of carbonyl (C=O) groups excluding carboxylic acids is 2. The van der Waals surface area contributed by atoms with Crippen molar-refractivity contribution in [3.05, 3.63) is 47.5 Å². The predicted molar refractivity (Wildman–Crippen MR) is 105 cm³/mol. The maximum Gasteiger partial charge on any atom is 0.338 e. The molecule has 0 saturated heterocycles. The Balaban J connectivity index is 1.62. The zero-order chi connectivity index (χ0) is 20.8. The number of hydrogen-bond acceptors (Lipinski definition) is 7. The average Bonchev–Trinajstić information content (AvgIpc) is 2.75. The number of fused-ring (bicyclic) bond motifs is 1. The Morgan fingerprint density at radius 1 is 0.966 bits per heavy atom. The molecule has 0 aliphatic carbocycles. The van der Waals surface area contributed by atoms with Crippen molar-refractivity contribution in [3.63, 3.8) is 0 Å². The minimum Gasteiger partial charge on any atom is -0.493 e. The van der Waals surface area contributed by atoms with Crippen LogP contribution in [-0.4, -0.2) is 45.3 Å². The van der Waals surface area contributed by atoms with Crippen molar-refractivity contribution >= 4 is 11.8 Å². The van der Waals surface area contributed by atoms with Crippen LogP contribution >= 0.6 is 0 Å². The minimum absolute atomic E-state index is 0.272. The van der Waals surface area contributed by atoms with Gasteiger partial charge < -0.3 is 23.7 Å². The normalized spacial score (nSPS) is 12.4. The number of benzene rings is 2. The molecule has 0 bridgehead atoms. The van der Waals surface area contributed by atoms with Gasteiger partial charge in [-0.05, 0) is 42.3 Å². The highest BCUT2D eigenvalue weighted by Crippen LogP contribution is 2.31. The van der Waals surface area contributed by atoms with Gasteiger partial charge in [0.2, 0.25) is 0 Å². The van der Waals surface area contributed by atoms with Crippen molar-refractivity contribution in [2.75, 3.05) is 33.5 Å². The summed E-state index contributed by atoms with van der Waals surface area (Å²) in [7, 11) is 1.50. The van der Waals surface area contributed by atoms with E-state index in [0.717, 1.165) is 0 Å². The van der Waals surface area contributed by atoms with Gasteiger partial charge in [-0.3, -0.25) is 4.79 Å². The van der Waals surface area contributed by atoms with Gasteiger partial charge in [-0.1, -0.05) is 13.8 Å². The van der Waals surface area contributed by atoms with Crippen LogP contribution in [0.5, 0.6) is 23.0 Å². The van der Waals surface area contributed by atoms with Gasteiger partial charge >= 0.3 is 5.97 Å². The monoisotopic (exact) mass is 400 g/mol. The molecule has 2 aromatic carbocycles. The third kappa shape index (κ3) is 5.19. The Bertz CT molecular complexity index is 889. The fourth-order valence-electron chi connectivity index (χ4n) is 2.68.